The van der Waals surface area contributed by atoms with Crippen molar-refractivity contribution in [3.63, 3.8) is 0 Å². The summed E-state index contributed by atoms with van der Waals surface area (Å²) in [6.45, 7) is 4.14. The van der Waals surface area contributed by atoms with Crippen LogP contribution in [0.3, 0.4) is 0 Å². The Balaban J connectivity index is 1.98. The van der Waals surface area contributed by atoms with Gasteiger partial charge in [-0.15, -0.1) is 0 Å². The standard InChI is InChI=1S/C14H16Cl3NO3/c1-13(2)18(12(19)14(15,16)17)8-11(21-13)9-20-10-6-4-3-5-7-10/h3-7,11H,8-9H2,1-2H3. The van der Waals surface area contributed by atoms with E-state index in [1.807, 2.05) is 30.3 Å². The molecule has 0 N–H and O–H groups in total. The molecule has 1 amide bonds. The number of carbonyl (C=O) groups is 1. The molecule has 0 aromatic heterocycles. The Morgan fingerprint density at radius 2 is 2.00 bits per heavy atom. The second-order valence-corrected chi connectivity index (χ2v) is 7.51. The van der Waals surface area contributed by atoms with Gasteiger partial charge in [-0.1, -0.05) is 53.0 Å². The molecule has 0 saturated carbocycles. The molecule has 1 aliphatic heterocycles. The van der Waals surface area contributed by atoms with Gasteiger partial charge in [-0.2, -0.15) is 0 Å². The third kappa shape index (κ3) is 4.16. The van der Waals surface area contributed by atoms with E-state index in [0.717, 1.165) is 5.75 Å². The number of hydrogen-bond acceptors (Lipinski definition) is 3. The first kappa shape index (κ1) is 16.7. The monoisotopic (exact) mass is 351 g/mol. The van der Waals surface area contributed by atoms with Gasteiger partial charge in [0.1, 0.15) is 24.2 Å². The minimum absolute atomic E-state index is 0.281. The Kier molecular flexibility index (Phi) is 4.93. The first-order valence-electron chi connectivity index (χ1n) is 6.44. The first-order chi connectivity index (χ1) is 9.70. The molecule has 4 nitrogen and oxygen atoms in total. The molecule has 1 heterocycles. The highest BCUT2D eigenvalue weighted by Gasteiger charge is 2.48. The molecule has 1 fully saturated rings. The molecule has 2 rings (SSSR count). The molecular weight excluding hydrogens is 337 g/mol. The number of benzene rings is 1. The SMILES string of the molecule is CC1(C)OC(COc2ccccc2)CN1C(=O)C(Cl)(Cl)Cl. The molecule has 7 heteroatoms. The van der Waals surface area contributed by atoms with Gasteiger partial charge in [-0.3, -0.25) is 4.79 Å². The number of nitrogens with zero attached hydrogens (tertiary/aromatic N) is 1. The van der Waals surface area contributed by atoms with Gasteiger partial charge in [0.05, 0.1) is 6.54 Å². The fraction of sp³-hybridized carbons (Fsp3) is 0.500. The third-order valence-corrected chi connectivity index (χ3v) is 3.64. The summed E-state index contributed by atoms with van der Waals surface area (Å²) in [6, 6.07) is 9.37. The Morgan fingerprint density at radius 1 is 1.38 bits per heavy atom. The van der Waals surface area contributed by atoms with Crippen LogP contribution in [0.1, 0.15) is 13.8 Å². The Hall–Kier alpha value is -0.680. The minimum Gasteiger partial charge on any atom is -0.491 e. The van der Waals surface area contributed by atoms with Crippen molar-refractivity contribution in [2.24, 2.45) is 0 Å². The zero-order valence-corrected chi connectivity index (χ0v) is 14.0. The van der Waals surface area contributed by atoms with Crippen LogP contribution in [0.5, 0.6) is 5.75 Å². The third-order valence-electron chi connectivity index (χ3n) is 3.16. The number of hydrogen-bond donors (Lipinski definition) is 0. The van der Waals surface area contributed by atoms with Gasteiger partial charge in [-0.05, 0) is 26.0 Å². The summed E-state index contributed by atoms with van der Waals surface area (Å²) in [5.74, 6) is 0.143. The average molecular weight is 353 g/mol. The van der Waals surface area contributed by atoms with Gasteiger partial charge in [-0.25, -0.2) is 0 Å². The van der Waals surface area contributed by atoms with Gasteiger partial charge in [0.25, 0.3) is 9.70 Å². The highest BCUT2D eigenvalue weighted by molar-refractivity contribution is 6.76. The van der Waals surface area contributed by atoms with E-state index in [-0.39, 0.29) is 6.10 Å². The Labute approximate surface area is 138 Å². The molecule has 21 heavy (non-hydrogen) atoms. The van der Waals surface area contributed by atoms with Crippen molar-refractivity contribution in [3.8, 4) is 5.75 Å². The molecule has 0 spiro atoms. The zero-order chi connectivity index (χ0) is 15.7. The predicted octanol–water partition coefficient (Wildman–Crippen LogP) is 3.40. The number of para-hydroxylation sites is 1. The van der Waals surface area contributed by atoms with E-state index in [9.17, 15) is 4.79 Å². The smallest absolute Gasteiger partial charge is 0.277 e. The normalized spacial score (nSPS) is 21.4. The van der Waals surface area contributed by atoms with E-state index in [2.05, 4.69) is 0 Å². The number of amides is 1. The Morgan fingerprint density at radius 3 is 2.57 bits per heavy atom. The number of carbonyl (C=O) groups excluding carboxylic acids is 1. The second-order valence-electron chi connectivity index (χ2n) is 5.22. The van der Waals surface area contributed by atoms with Gasteiger partial charge in [0.2, 0.25) is 0 Å². The van der Waals surface area contributed by atoms with E-state index in [1.165, 1.54) is 4.90 Å². The maximum absolute atomic E-state index is 12.1. The fourth-order valence-electron chi connectivity index (χ4n) is 2.21. The van der Waals surface area contributed by atoms with Gasteiger partial charge >= 0.3 is 0 Å². The molecule has 1 aromatic rings. The lowest BCUT2D eigenvalue weighted by atomic mass is 10.2. The van der Waals surface area contributed by atoms with Crippen molar-refractivity contribution in [3.05, 3.63) is 30.3 Å². The van der Waals surface area contributed by atoms with E-state index in [4.69, 9.17) is 44.3 Å². The lowest BCUT2D eigenvalue weighted by molar-refractivity contribution is -0.145. The molecule has 116 valence electrons. The number of halogens is 3. The first-order valence-corrected chi connectivity index (χ1v) is 7.58. The van der Waals surface area contributed by atoms with E-state index < -0.39 is 15.4 Å². The van der Waals surface area contributed by atoms with Crippen LogP contribution in [-0.4, -0.2) is 39.6 Å². The summed E-state index contributed by atoms with van der Waals surface area (Å²) in [5, 5.41) is 0. The minimum atomic E-state index is -1.99. The van der Waals surface area contributed by atoms with Crippen LogP contribution in [0, 0.1) is 0 Å². The Bertz CT molecular complexity index is 502. The summed E-state index contributed by atoms with van der Waals surface area (Å²) in [6.07, 6.45) is -0.281. The van der Waals surface area contributed by atoms with Crippen molar-refractivity contribution in [2.45, 2.75) is 29.5 Å². The number of ether oxygens (including phenoxy) is 2. The van der Waals surface area contributed by atoms with Crippen LogP contribution < -0.4 is 4.74 Å². The predicted molar refractivity (Wildman–Crippen MR) is 82.9 cm³/mol. The summed E-state index contributed by atoms with van der Waals surface area (Å²) in [5.41, 5.74) is -0.842. The molecule has 0 radical (unpaired) electrons. The molecule has 0 aliphatic carbocycles. The molecule has 1 saturated heterocycles. The van der Waals surface area contributed by atoms with E-state index in [0.29, 0.717) is 13.2 Å². The van der Waals surface area contributed by atoms with E-state index >= 15 is 0 Å². The van der Waals surface area contributed by atoms with Crippen molar-refractivity contribution in [1.29, 1.82) is 0 Å². The maximum atomic E-state index is 12.1. The highest BCUT2D eigenvalue weighted by Crippen LogP contribution is 2.35. The summed E-state index contributed by atoms with van der Waals surface area (Å²) < 4.78 is 9.45. The van der Waals surface area contributed by atoms with Crippen molar-refractivity contribution >= 4 is 40.7 Å². The molecule has 1 aromatic carbocycles. The highest BCUT2D eigenvalue weighted by atomic mass is 35.6. The van der Waals surface area contributed by atoms with Crippen LogP contribution in [0.2, 0.25) is 0 Å². The summed E-state index contributed by atoms with van der Waals surface area (Å²) in [4.78, 5) is 13.5. The van der Waals surface area contributed by atoms with Crippen LogP contribution in [0.15, 0.2) is 30.3 Å². The second kappa shape index (κ2) is 6.21. The molecular formula is C14H16Cl3NO3. The molecule has 1 atom stereocenters. The number of alkyl halides is 3. The van der Waals surface area contributed by atoms with Crippen molar-refractivity contribution < 1.29 is 14.3 Å². The quantitative estimate of drug-likeness (QED) is 0.783. The maximum Gasteiger partial charge on any atom is 0.277 e. The summed E-state index contributed by atoms with van der Waals surface area (Å²) in [7, 11) is 0. The molecule has 1 aliphatic rings. The molecule has 1 unspecified atom stereocenters. The lowest BCUT2D eigenvalue weighted by Gasteiger charge is -2.31. The van der Waals surface area contributed by atoms with Gasteiger partial charge < -0.3 is 14.4 Å². The fourth-order valence-corrected chi connectivity index (χ4v) is 2.51. The van der Waals surface area contributed by atoms with Crippen LogP contribution in [0.25, 0.3) is 0 Å². The van der Waals surface area contributed by atoms with E-state index in [1.54, 1.807) is 13.8 Å². The largest absolute Gasteiger partial charge is 0.491 e. The van der Waals surface area contributed by atoms with Crippen molar-refractivity contribution in [2.75, 3.05) is 13.2 Å². The summed E-state index contributed by atoms with van der Waals surface area (Å²) >= 11 is 17.0. The van der Waals surface area contributed by atoms with Gasteiger partial charge in [0, 0.05) is 0 Å². The van der Waals surface area contributed by atoms with Gasteiger partial charge in [0.15, 0.2) is 0 Å². The van der Waals surface area contributed by atoms with Crippen LogP contribution >= 0.6 is 34.8 Å². The topological polar surface area (TPSA) is 38.8 Å². The zero-order valence-electron chi connectivity index (χ0n) is 11.7. The van der Waals surface area contributed by atoms with Crippen LogP contribution in [-0.2, 0) is 9.53 Å². The molecule has 0 bridgehead atoms. The average Bonchev–Trinajstić information content (AvgIpc) is 2.70. The number of rotatable bonds is 3. The van der Waals surface area contributed by atoms with Crippen molar-refractivity contribution in [1.82, 2.24) is 4.90 Å². The van der Waals surface area contributed by atoms with Crippen LogP contribution in [0.4, 0.5) is 0 Å². The lowest BCUT2D eigenvalue weighted by Crippen LogP contribution is -2.48.